The molecule has 0 amide bonds. The van der Waals surface area contributed by atoms with Crippen molar-refractivity contribution in [1.82, 2.24) is 4.98 Å². The number of carbonyl (C=O) groups is 1. The van der Waals surface area contributed by atoms with Crippen molar-refractivity contribution in [2.45, 2.75) is 25.2 Å². The number of thiazole rings is 1. The molecule has 0 bridgehead atoms. The largest absolute Gasteiger partial charge is 0.481 e. The maximum Gasteiger partial charge on any atom is 0.312 e. The lowest BCUT2D eigenvalue weighted by Crippen LogP contribution is -2.17. The van der Waals surface area contributed by atoms with Gasteiger partial charge in [0.1, 0.15) is 5.01 Å². The number of carboxylic acid groups (broad SMARTS) is 1. The number of benzene rings is 1. The number of carboxylic acids is 1. The van der Waals surface area contributed by atoms with Crippen molar-refractivity contribution in [2.75, 3.05) is 6.79 Å². The van der Waals surface area contributed by atoms with E-state index in [1.165, 1.54) is 0 Å². The van der Waals surface area contributed by atoms with Gasteiger partial charge in [-0.2, -0.15) is 0 Å². The topological polar surface area (TPSA) is 68.7 Å². The highest BCUT2D eigenvalue weighted by Crippen LogP contribution is 2.41. The molecular formula is C15H13NO4S. The standard InChI is InChI=1S/C15H13NO4S/c17-15(18)9-2-1-3-12-13(9)16-14(21-12)8-4-5-10-11(6-8)20-7-19-10/h4-6,9H,1-3,7H2,(H,17,18). The van der Waals surface area contributed by atoms with Gasteiger partial charge < -0.3 is 14.6 Å². The number of fused-ring (bicyclic) bond motifs is 2. The molecule has 5 nitrogen and oxygen atoms in total. The molecule has 0 saturated carbocycles. The Balaban J connectivity index is 1.75. The Morgan fingerprint density at radius 1 is 1.33 bits per heavy atom. The zero-order chi connectivity index (χ0) is 14.4. The molecule has 0 spiro atoms. The van der Waals surface area contributed by atoms with E-state index in [1.807, 2.05) is 18.2 Å². The van der Waals surface area contributed by atoms with Crippen LogP contribution in [0.5, 0.6) is 11.5 Å². The predicted molar refractivity (Wildman–Crippen MR) is 77.0 cm³/mol. The molecule has 0 radical (unpaired) electrons. The Morgan fingerprint density at radius 2 is 2.19 bits per heavy atom. The van der Waals surface area contributed by atoms with E-state index in [0.29, 0.717) is 6.42 Å². The van der Waals surface area contributed by atoms with Crippen LogP contribution >= 0.6 is 11.3 Å². The fraction of sp³-hybridized carbons (Fsp3) is 0.333. The molecule has 108 valence electrons. The molecule has 21 heavy (non-hydrogen) atoms. The van der Waals surface area contributed by atoms with Gasteiger partial charge in [-0.25, -0.2) is 4.98 Å². The summed E-state index contributed by atoms with van der Waals surface area (Å²) in [5.41, 5.74) is 1.69. The van der Waals surface area contributed by atoms with Crippen LogP contribution in [0.2, 0.25) is 0 Å². The highest BCUT2D eigenvalue weighted by Gasteiger charge is 2.30. The van der Waals surface area contributed by atoms with E-state index in [0.717, 1.165) is 45.5 Å². The zero-order valence-electron chi connectivity index (χ0n) is 11.2. The summed E-state index contributed by atoms with van der Waals surface area (Å²) in [5.74, 6) is 0.213. The van der Waals surface area contributed by atoms with Gasteiger partial charge in [0.15, 0.2) is 11.5 Å². The molecule has 0 fully saturated rings. The van der Waals surface area contributed by atoms with E-state index in [4.69, 9.17) is 9.47 Å². The lowest BCUT2D eigenvalue weighted by atomic mass is 9.91. The second-order valence-electron chi connectivity index (χ2n) is 5.18. The Kier molecular flexibility index (Phi) is 2.85. The summed E-state index contributed by atoms with van der Waals surface area (Å²) < 4.78 is 10.7. The average molecular weight is 303 g/mol. The molecule has 2 aromatic rings. The third-order valence-electron chi connectivity index (χ3n) is 3.87. The normalized spacial score (nSPS) is 19.3. The van der Waals surface area contributed by atoms with Crippen molar-refractivity contribution in [3.63, 3.8) is 0 Å². The molecular weight excluding hydrogens is 290 g/mol. The number of hydrogen-bond acceptors (Lipinski definition) is 5. The first-order valence-electron chi connectivity index (χ1n) is 6.85. The van der Waals surface area contributed by atoms with Crippen LogP contribution < -0.4 is 9.47 Å². The second kappa shape index (κ2) is 4.73. The van der Waals surface area contributed by atoms with Crippen molar-refractivity contribution < 1.29 is 19.4 Å². The molecule has 2 heterocycles. The van der Waals surface area contributed by atoms with E-state index in [9.17, 15) is 9.90 Å². The van der Waals surface area contributed by atoms with Crippen molar-refractivity contribution in [3.8, 4) is 22.1 Å². The number of aromatic nitrogens is 1. The van der Waals surface area contributed by atoms with Crippen LogP contribution in [0.25, 0.3) is 10.6 Å². The molecule has 0 saturated heterocycles. The summed E-state index contributed by atoms with van der Waals surface area (Å²) in [6.07, 6.45) is 2.50. The molecule has 1 aliphatic heterocycles. The van der Waals surface area contributed by atoms with Gasteiger partial charge in [-0.05, 0) is 37.5 Å². The van der Waals surface area contributed by atoms with Gasteiger partial charge in [-0.15, -0.1) is 11.3 Å². The first kappa shape index (κ1) is 12.6. The Bertz CT molecular complexity index is 724. The number of rotatable bonds is 2. The molecule has 6 heteroatoms. The van der Waals surface area contributed by atoms with Crippen molar-refractivity contribution in [2.24, 2.45) is 0 Å². The van der Waals surface area contributed by atoms with Gasteiger partial charge in [-0.1, -0.05) is 0 Å². The highest BCUT2D eigenvalue weighted by atomic mass is 32.1. The smallest absolute Gasteiger partial charge is 0.312 e. The lowest BCUT2D eigenvalue weighted by Gasteiger charge is -2.16. The summed E-state index contributed by atoms with van der Waals surface area (Å²) in [6, 6.07) is 5.71. The van der Waals surface area contributed by atoms with Crippen molar-refractivity contribution >= 4 is 17.3 Å². The molecule has 1 atom stereocenters. The van der Waals surface area contributed by atoms with Crippen LogP contribution in [0.3, 0.4) is 0 Å². The minimum absolute atomic E-state index is 0.244. The lowest BCUT2D eigenvalue weighted by molar-refractivity contribution is -0.139. The Hall–Kier alpha value is -2.08. The fourth-order valence-electron chi connectivity index (χ4n) is 2.81. The van der Waals surface area contributed by atoms with Gasteiger partial charge in [0.25, 0.3) is 0 Å². The van der Waals surface area contributed by atoms with Crippen LogP contribution in [0.15, 0.2) is 18.2 Å². The number of nitrogens with zero attached hydrogens (tertiary/aromatic N) is 1. The molecule has 1 aliphatic carbocycles. The van der Waals surface area contributed by atoms with Crippen molar-refractivity contribution in [1.29, 1.82) is 0 Å². The third-order valence-corrected chi connectivity index (χ3v) is 5.05. The highest BCUT2D eigenvalue weighted by molar-refractivity contribution is 7.15. The van der Waals surface area contributed by atoms with E-state index < -0.39 is 11.9 Å². The third kappa shape index (κ3) is 2.06. The molecule has 1 aromatic carbocycles. The number of hydrogen-bond donors (Lipinski definition) is 1. The van der Waals surface area contributed by atoms with E-state index in [2.05, 4.69) is 4.98 Å². The van der Waals surface area contributed by atoms with Gasteiger partial charge in [0, 0.05) is 10.4 Å². The molecule has 2 aliphatic rings. The maximum atomic E-state index is 11.3. The first-order chi connectivity index (χ1) is 10.2. The SMILES string of the molecule is O=C(O)C1CCCc2sc(-c3ccc4c(c3)OCO4)nc21. The first-order valence-corrected chi connectivity index (χ1v) is 7.66. The van der Waals surface area contributed by atoms with Crippen LogP contribution in [0, 0.1) is 0 Å². The van der Waals surface area contributed by atoms with E-state index in [1.54, 1.807) is 11.3 Å². The van der Waals surface area contributed by atoms with Crippen molar-refractivity contribution in [3.05, 3.63) is 28.8 Å². The van der Waals surface area contributed by atoms with Gasteiger partial charge in [-0.3, -0.25) is 4.79 Å². The van der Waals surface area contributed by atoms with Crippen LogP contribution in [0.1, 0.15) is 29.3 Å². The summed E-state index contributed by atoms with van der Waals surface area (Å²) in [7, 11) is 0. The maximum absolute atomic E-state index is 11.3. The van der Waals surface area contributed by atoms with E-state index >= 15 is 0 Å². The zero-order valence-corrected chi connectivity index (χ0v) is 12.0. The molecule has 1 N–H and O–H groups in total. The summed E-state index contributed by atoms with van der Waals surface area (Å²) in [4.78, 5) is 17.0. The predicted octanol–water partition coefficient (Wildman–Crippen LogP) is 3.04. The summed E-state index contributed by atoms with van der Waals surface area (Å²) in [6.45, 7) is 0.244. The summed E-state index contributed by atoms with van der Waals surface area (Å²) in [5, 5.41) is 10.2. The number of ether oxygens (including phenoxy) is 2. The molecule has 1 aromatic heterocycles. The van der Waals surface area contributed by atoms with E-state index in [-0.39, 0.29) is 6.79 Å². The second-order valence-corrected chi connectivity index (χ2v) is 6.26. The summed E-state index contributed by atoms with van der Waals surface area (Å²) >= 11 is 1.58. The van der Waals surface area contributed by atoms with Crippen LogP contribution in [-0.4, -0.2) is 22.9 Å². The monoisotopic (exact) mass is 303 g/mol. The quantitative estimate of drug-likeness (QED) is 0.923. The van der Waals surface area contributed by atoms with Gasteiger partial charge in [0.05, 0.1) is 11.6 Å². The fourth-order valence-corrected chi connectivity index (χ4v) is 3.97. The molecule has 4 rings (SSSR count). The minimum Gasteiger partial charge on any atom is -0.481 e. The number of aryl methyl sites for hydroxylation is 1. The number of aliphatic carboxylic acids is 1. The van der Waals surface area contributed by atoms with Crippen LogP contribution in [-0.2, 0) is 11.2 Å². The van der Waals surface area contributed by atoms with Gasteiger partial charge in [0.2, 0.25) is 6.79 Å². The van der Waals surface area contributed by atoms with Crippen LogP contribution in [0.4, 0.5) is 0 Å². The Morgan fingerprint density at radius 3 is 3.05 bits per heavy atom. The minimum atomic E-state index is -0.779. The van der Waals surface area contributed by atoms with Gasteiger partial charge >= 0.3 is 5.97 Å². The average Bonchev–Trinajstić information content (AvgIpc) is 3.11. The molecule has 1 unspecified atom stereocenters. The Labute approximate surface area is 125 Å².